The zero-order valence-corrected chi connectivity index (χ0v) is 14.7. The molecule has 132 valence electrons. The van der Waals surface area contributed by atoms with Gasteiger partial charge in [0.25, 0.3) is 0 Å². The molecule has 0 radical (unpaired) electrons. The number of amides is 1. The Balaban J connectivity index is 1.76. The van der Waals surface area contributed by atoms with E-state index in [-0.39, 0.29) is 5.91 Å². The van der Waals surface area contributed by atoms with E-state index in [0.717, 1.165) is 30.2 Å². The van der Waals surface area contributed by atoms with Crippen LogP contribution < -0.4 is 15.5 Å². The zero-order chi connectivity index (χ0) is 17.6. The normalized spacial score (nSPS) is 17.2. The fourth-order valence-corrected chi connectivity index (χ4v) is 3.22. The summed E-state index contributed by atoms with van der Waals surface area (Å²) >= 11 is 0. The molecule has 2 aromatic rings. The quantitative estimate of drug-likeness (QED) is 0.868. The Morgan fingerprint density at radius 2 is 2.16 bits per heavy atom. The minimum absolute atomic E-state index is 0.104. The van der Waals surface area contributed by atoms with Gasteiger partial charge in [0, 0.05) is 30.9 Å². The standard InChI is InChI=1S/C18H24N6O/c1-3-16-9-4-5-10-24(16)17-12-19-23-18(22-17)21-15-8-6-7-14(11-15)20-13(2)25/h6-8,11-12,16H,3-5,9-10H2,1-2H3,(H,20,25)(H,21,22,23). The van der Waals surface area contributed by atoms with Gasteiger partial charge in [0.1, 0.15) is 0 Å². The third-order valence-electron chi connectivity index (χ3n) is 4.38. The van der Waals surface area contributed by atoms with Crippen LogP contribution in [0.2, 0.25) is 0 Å². The van der Waals surface area contributed by atoms with Gasteiger partial charge in [-0.1, -0.05) is 13.0 Å². The molecule has 1 saturated heterocycles. The van der Waals surface area contributed by atoms with Crippen molar-refractivity contribution in [3.05, 3.63) is 30.5 Å². The van der Waals surface area contributed by atoms with Crippen LogP contribution in [0.25, 0.3) is 0 Å². The molecule has 0 saturated carbocycles. The summed E-state index contributed by atoms with van der Waals surface area (Å²) in [4.78, 5) is 18.2. The van der Waals surface area contributed by atoms with Crippen molar-refractivity contribution < 1.29 is 4.79 Å². The van der Waals surface area contributed by atoms with Crippen LogP contribution in [0, 0.1) is 0 Å². The van der Waals surface area contributed by atoms with E-state index in [1.54, 1.807) is 6.20 Å². The lowest BCUT2D eigenvalue weighted by Gasteiger charge is -2.35. The van der Waals surface area contributed by atoms with Crippen molar-refractivity contribution in [2.75, 3.05) is 22.1 Å². The van der Waals surface area contributed by atoms with Gasteiger partial charge in [-0.2, -0.15) is 10.1 Å². The second kappa shape index (κ2) is 7.92. The summed E-state index contributed by atoms with van der Waals surface area (Å²) in [6.45, 7) is 4.71. The molecule has 0 bridgehead atoms. The van der Waals surface area contributed by atoms with Crippen LogP contribution in [0.1, 0.15) is 39.5 Å². The van der Waals surface area contributed by atoms with Crippen LogP contribution in [-0.4, -0.2) is 33.7 Å². The summed E-state index contributed by atoms with van der Waals surface area (Å²) in [6, 6.07) is 7.95. The summed E-state index contributed by atoms with van der Waals surface area (Å²) in [7, 11) is 0. The monoisotopic (exact) mass is 340 g/mol. The number of carbonyl (C=O) groups is 1. The fraction of sp³-hybridized carbons (Fsp3) is 0.444. The van der Waals surface area contributed by atoms with Crippen LogP contribution in [0.3, 0.4) is 0 Å². The van der Waals surface area contributed by atoms with Crippen molar-refractivity contribution in [3.63, 3.8) is 0 Å². The number of nitrogens with one attached hydrogen (secondary N) is 2. The van der Waals surface area contributed by atoms with E-state index in [9.17, 15) is 4.79 Å². The molecule has 1 aromatic heterocycles. The van der Waals surface area contributed by atoms with Crippen molar-refractivity contribution >= 4 is 29.0 Å². The average molecular weight is 340 g/mol. The van der Waals surface area contributed by atoms with Gasteiger partial charge in [-0.25, -0.2) is 0 Å². The maximum atomic E-state index is 11.2. The molecule has 7 heteroatoms. The van der Waals surface area contributed by atoms with Crippen LogP contribution in [0.15, 0.2) is 30.5 Å². The van der Waals surface area contributed by atoms with Crippen molar-refractivity contribution in [1.29, 1.82) is 0 Å². The number of piperidine rings is 1. The van der Waals surface area contributed by atoms with Gasteiger partial charge in [-0.3, -0.25) is 4.79 Å². The lowest BCUT2D eigenvalue weighted by molar-refractivity contribution is -0.114. The first kappa shape index (κ1) is 17.1. The van der Waals surface area contributed by atoms with E-state index < -0.39 is 0 Å². The van der Waals surface area contributed by atoms with E-state index in [2.05, 4.69) is 37.6 Å². The smallest absolute Gasteiger partial charge is 0.249 e. The Kier molecular flexibility index (Phi) is 5.42. The SMILES string of the molecule is CCC1CCCCN1c1cnnc(Nc2cccc(NC(C)=O)c2)n1. The molecule has 2 heterocycles. The second-order valence-corrected chi connectivity index (χ2v) is 6.28. The molecule has 0 aliphatic carbocycles. The number of aromatic nitrogens is 3. The summed E-state index contributed by atoms with van der Waals surface area (Å²) < 4.78 is 0. The minimum atomic E-state index is -0.104. The Morgan fingerprint density at radius 1 is 1.32 bits per heavy atom. The Morgan fingerprint density at radius 3 is 2.96 bits per heavy atom. The van der Waals surface area contributed by atoms with Crippen LogP contribution in [0.4, 0.5) is 23.1 Å². The van der Waals surface area contributed by atoms with Crippen molar-refractivity contribution in [3.8, 4) is 0 Å². The third kappa shape index (κ3) is 4.43. The number of anilines is 4. The van der Waals surface area contributed by atoms with Gasteiger partial charge in [0.2, 0.25) is 11.9 Å². The van der Waals surface area contributed by atoms with Gasteiger partial charge >= 0.3 is 0 Å². The molecule has 0 spiro atoms. The average Bonchev–Trinajstić information content (AvgIpc) is 2.61. The first-order valence-electron chi connectivity index (χ1n) is 8.76. The molecule has 1 fully saturated rings. The van der Waals surface area contributed by atoms with Gasteiger partial charge in [-0.15, -0.1) is 5.10 Å². The molecule has 1 aliphatic rings. The van der Waals surface area contributed by atoms with Gasteiger partial charge in [-0.05, 0) is 43.9 Å². The molecule has 1 aliphatic heterocycles. The summed E-state index contributed by atoms with van der Waals surface area (Å²) in [5.41, 5.74) is 1.53. The summed E-state index contributed by atoms with van der Waals surface area (Å²) in [6.07, 6.45) is 6.48. The molecule has 3 rings (SSSR count). The predicted molar refractivity (Wildman–Crippen MR) is 99.1 cm³/mol. The predicted octanol–water partition coefficient (Wildman–Crippen LogP) is 3.34. The Labute approximate surface area is 147 Å². The van der Waals surface area contributed by atoms with Crippen molar-refractivity contribution in [2.45, 2.75) is 45.6 Å². The van der Waals surface area contributed by atoms with E-state index in [0.29, 0.717) is 12.0 Å². The van der Waals surface area contributed by atoms with Crippen LogP contribution in [-0.2, 0) is 4.79 Å². The van der Waals surface area contributed by atoms with Gasteiger partial charge in [0.15, 0.2) is 5.82 Å². The van der Waals surface area contributed by atoms with E-state index in [4.69, 9.17) is 0 Å². The molecule has 1 aromatic carbocycles. The largest absolute Gasteiger partial charge is 0.352 e. The highest BCUT2D eigenvalue weighted by Crippen LogP contribution is 2.25. The summed E-state index contributed by atoms with van der Waals surface area (Å²) in [5, 5.41) is 14.1. The number of benzene rings is 1. The maximum absolute atomic E-state index is 11.2. The number of hydrogen-bond acceptors (Lipinski definition) is 6. The van der Waals surface area contributed by atoms with Crippen molar-refractivity contribution in [2.24, 2.45) is 0 Å². The van der Waals surface area contributed by atoms with E-state index >= 15 is 0 Å². The highest BCUT2D eigenvalue weighted by molar-refractivity contribution is 5.89. The first-order chi connectivity index (χ1) is 12.2. The fourth-order valence-electron chi connectivity index (χ4n) is 3.22. The van der Waals surface area contributed by atoms with Crippen LogP contribution >= 0.6 is 0 Å². The highest BCUT2D eigenvalue weighted by Gasteiger charge is 2.22. The molecular formula is C18H24N6O. The molecule has 7 nitrogen and oxygen atoms in total. The molecule has 2 N–H and O–H groups in total. The van der Waals surface area contributed by atoms with Gasteiger partial charge < -0.3 is 15.5 Å². The lowest BCUT2D eigenvalue weighted by atomic mass is 10.0. The maximum Gasteiger partial charge on any atom is 0.249 e. The topological polar surface area (TPSA) is 83.0 Å². The lowest BCUT2D eigenvalue weighted by Crippen LogP contribution is -2.39. The van der Waals surface area contributed by atoms with E-state index in [1.165, 1.54) is 26.2 Å². The second-order valence-electron chi connectivity index (χ2n) is 6.28. The first-order valence-corrected chi connectivity index (χ1v) is 8.76. The number of carbonyl (C=O) groups excluding carboxylic acids is 1. The molecule has 1 unspecified atom stereocenters. The summed E-state index contributed by atoms with van der Waals surface area (Å²) in [5.74, 6) is 1.22. The zero-order valence-electron chi connectivity index (χ0n) is 14.7. The number of nitrogens with zero attached hydrogens (tertiary/aromatic N) is 4. The third-order valence-corrected chi connectivity index (χ3v) is 4.38. The van der Waals surface area contributed by atoms with Gasteiger partial charge in [0.05, 0.1) is 6.20 Å². The Hall–Kier alpha value is -2.70. The van der Waals surface area contributed by atoms with Crippen molar-refractivity contribution in [1.82, 2.24) is 15.2 Å². The molecular weight excluding hydrogens is 316 g/mol. The number of rotatable bonds is 5. The highest BCUT2D eigenvalue weighted by atomic mass is 16.1. The molecule has 1 amide bonds. The Bertz CT molecular complexity index is 735. The number of hydrogen-bond donors (Lipinski definition) is 2. The van der Waals surface area contributed by atoms with E-state index in [1.807, 2.05) is 24.3 Å². The van der Waals surface area contributed by atoms with Crippen LogP contribution in [0.5, 0.6) is 0 Å². The molecule has 1 atom stereocenters. The minimum Gasteiger partial charge on any atom is -0.352 e. The molecule has 25 heavy (non-hydrogen) atoms.